The van der Waals surface area contributed by atoms with Gasteiger partial charge in [-0.25, -0.2) is 0 Å². The first-order valence-electron chi connectivity index (χ1n) is 8.17. The maximum atomic E-state index is 2.89. The third-order valence-electron chi connectivity index (χ3n) is 3.29. The van der Waals surface area contributed by atoms with Gasteiger partial charge in [-0.3, -0.25) is 0 Å². The fourth-order valence-corrected chi connectivity index (χ4v) is 4.37. The minimum absolute atomic E-state index is 0.446. The van der Waals surface area contributed by atoms with Gasteiger partial charge in [0.2, 0.25) is 0 Å². The number of rotatable bonds is 6. The van der Waals surface area contributed by atoms with Crippen molar-refractivity contribution in [1.29, 1.82) is 0 Å². The monoisotopic (exact) mass is 498 g/mol. The van der Waals surface area contributed by atoms with Crippen LogP contribution >= 0.6 is 29.3 Å². The summed E-state index contributed by atoms with van der Waals surface area (Å²) in [5.74, 6) is 0. The van der Waals surface area contributed by atoms with Crippen molar-refractivity contribution in [3.8, 4) is 0 Å². The van der Waals surface area contributed by atoms with Crippen LogP contribution in [0.25, 0.3) is 0 Å². The zero-order valence-corrected chi connectivity index (χ0v) is 20.1. The second kappa shape index (κ2) is 27.1. The van der Waals surface area contributed by atoms with Crippen molar-refractivity contribution in [3.63, 3.8) is 0 Å². The van der Waals surface area contributed by atoms with Crippen molar-refractivity contribution in [1.82, 2.24) is 0 Å². The van der Waals surface area contributed by atoms with E-state index in [1.54, 1.807) is 0 Å². The molecule has 0 bridgehead atoms. The molecular formula is C18H35BrP2Pd. The van der Waals surface area contributed by atoms with Gasteiger partial charge < -0.3 is 0 Å². The van der Waals surface area contributed by atoms with Gasteiger partial charge in [0.05, 0.1) is 0 Å². The van der Waals surface area contributed by atoms with Crippen LogP contribution in [0.1, 0.15) is 41.5 Å². The topological polar surface area (TPSA) is 0 Å². The van der Waals surface area contributed by atoms with Crippen molar-refractivity contribution >= 4 is 29.3 Å². The van der Waals surface area contributed by atoms with E-state index in [0.717, 1.165) is 0 Å². The maximum Gasteiger partial charge on any atom is -0.171 e. The summed E-state index contributed by atoms with van der Waals surface area (Å²) in [6, 6.07) is 12.5. The molecule has 0 radical (unpaired) electrons. The van der Waals surface area contributed by atoms with Gasteiger partial charge in [0, 0.05) is 0 Å². The molecule has 22 heavy (non-hydrogen) atoms. The van der Waals surface area contributed by atoms with E-state index in [1.807, 2.05) is 30.3 Å². The summed E-state index contributed by atoms with van der Waals surface area (Å²) in [5.41, 5.74) is 0. The molecule has 0 aromatic heterocycles. The first kappa shape index (κ1) is 28.0. The largest absolute Gasteiger partial charge is 0.184 e. The SMILES string of the molecule is CCP(CC)CC.CCP(CC)CC.[Br][Pd+].[c-]1ccccc1. The minimum atomic E-state index is 0.446. The Kier molecular flexibility index (Phi) is 34.5. The Bertz CT molecular complexity index is 203. The fraction of sp³-hybridized carbons (Fsp3) is 0.667. The Hall–Kier alpha value is 1.22. The molecule has 0 unspecified atom stereocenters. The maximum absolute atomic E-state index is 2.89. The smallest absolute Gasteiger partial charge is 0.171 e. The molecule has 0 saturated heterocycles. The summed E-state index contributed by atoms with van der Waals surface area (Å²) in [7, 11) is 0.892. The summed E-state index contributed by atoms with van der Waals surface area (Å²) in [6.45, 7) is 13.7. The van der Waals surface area contributed by atoms with Crippen molar-refractivity contribution in [2.75, 3.05) is 37.0 Å². The number of hydrogen-bond donors (Lipinski definition) is 0. The summed E-state index contributed by atoms with van der Waals surface area (Å²) >= 11 is 5.35. The third-order valence-corrected chi connectivity index (χ3v) is 8.66. The predicted molar refractivity (Wildman–Crippen MR) is 111 cm³/mol. The third kappa shape index (κ3) is 23.5. The summed E-state index contributed by atoms with van der Waals surface area (Å²) < 4.78 is 0. The first-order valence-corrected chi connectivity index (χ1v) is 15.5. The molecule has 4 heteroatoms. The van der Waals surface area contributed by atoms with E-state index in [-0.39, 0.29) is 0 Å². The zero-order valence-electron chi connectivity index (χ0n) is 15.2. The van der Waals surface area contributed by atoms with E-state index in [0.29, 0.717) is 15.8 Å². The first-order chi connectivity index (χ1) is 10.7. The number of halogens is 1. The van der Waals surface area contributed by atoms with Crippen LogP contribution in [0.3, 0.4) is 0 Å². The second-order valence-corrected chi connectivity index (χ2v) is 10.8. The van der Waals surface area contributed by atoms with Crippen LogP contribution in [0.15, 0.2) is 30.3 Å². The molecule has 0 heterocycles. The van der Waals surface area contributed by atoms with Crippen LogP contribution in [0.5, 0.6) is 0 Å². The van der Waals surface area contributed by atoms with Gasteiger partial charge in [0.25, 0.3) is 0 Å². The molecule has 0 spiro atoms. The average molecular weight is 500 g/mol. The fourth-order valence-electron chi connectivity index (χ4n) is 1.68. The normalized spacial score (nSPS) is 9.05. The van der Waals surface area contributed by atoms with Crippen LogP contribution in [-0.4, -0.2) is 37.0 Å². The second-order valence-electron chi connectivity index (χ2n) is 4.32. The molecule has 0 atom stereocenters. The Morgan fingerprint density at radius 1 is 0.636 bits per heavy atom. The van der Waals surface area contributed by atoms with Crippen LogP contribution in [0.2, 0.25) is 0 Å². The molecule has 1 rings (SSSR count). The molecule has 0 amide bonds. The van der Waals surface area contributed by atoms with Crippen LogP contribution in [0, 0.1) is 6.07 Å². The molecule has 0 aliphatic rings. The minimum Gasteiger partial charge on any atom is -0.184 e. The molecule has 1 aromatic rings. The van der Waals surface area contributed by atoms with E-state index in [4.69, 9.17) is 0 Å². The molecule has 0 nitrogen and oxygen atoms in total. The van der Waals surface area contributed by atoms with Crippen LogP contribution in [0.4, 0.5) is 0 Å². The van der Waals surface area contributed by atoms with Gasteiger partial charge in [-0.2, -0.15) is 36.4 Å². The standard InChI is InChI=1S/2C6H15P.C6H5.BrH.Pd/c2*1-4-7(5-2)6-3;1-2-4-6-5-3-1;;/h2*4-6H2,1-3H3;1-5H;1H;/q;;-1;;+2/p-1. The van der Waals surface area contributed by atoms with Crippen LogP contribution in [-0.2, 0) is 17.2 Å². The summed E-state index contributed by atoms with van der Waals surface area (Å²) in [6.07, 6.45) is 8.51. The van der Waals surface area contributed by atoms with Gasteiger partial charge in [0.1, 0.15) is 0 Å². The van der Waals surface area contributed by atoms with Gasteiger partial charge in [-0.1, -0.05) is 41.5 Å². The summed E-state index contributed by atoms with van der Waals surface area (Å²) in [5, 5.41) is 0. The predicted octanol–water partition coefficient (Wildman–Crippen LogP) is 7.39. The Labute approximate surface area is 160 Å². The Morgan fingerprint density at radius 3 is 0.955 bits per heavy atom. The van der Waals surface area contributed by atoms with E-state index in [1.165, 1.54) is 37.0 Å². The van der Waals surface area contributed by atoms with Crippen LogP contribution < -0.4 is 0 Å². The van der Waals surface area contributed by atoms with Crippen molar-refractivity contribution in [2.24, 2.45) is 0 Å². The van der Waals surface area contributed by atoms with E-state index < -0.39 is 0 Å². The molecule has 0 N–H and O–H groups in total. The van der Waals surface area contributed by atoms with Gasteiger partial charge in [-0.05, 0) is 37.0 Å². The Morgan fingerprint density at radius 2 is 0.909 bits per heavy atom. The number of benzene rings is 1. The van der Waals surface area contributed by atoms with Gasteiger partial charge in [0.15, 0.2) is 0 Å². The van der Waals surface area contributed by atoms with E-state index in [9.17, 15) is 0 Å². The summed E-state index contributed by atoms with van der Waals surface area (Å²) in [4.78, 5) is 0. The molecule has 0 aliphatic heterocycles. The average Bonchev–Trinajstić information content (AvgIpc) is 2.62. The molecule has 134 valence electrons. The van der Waals surface area contributed by atoms with Gasteiger partial charge >= 0.3 is 30.6 Å². The van der Waals surface area contributed by atoms with Gasteiger partial charge in [-0.15, -0.1) is 15.8 Å². The van der Waals surface area contributed by atoms with Crippen molar-refractivity contribution in [2.45, 2.75) is 41.5 Å². The van der Waals surface area contributed by atoms with Crippen molar-refractivity contribution < 1.29 is 17.2 Å². The van der Waals surface area contributed by atoms with E-state index >= 15 is 0 Å². The zero-order chi connectivity index (χ0) is 17.6. The molecule has 0 saturated carbocycles. The van der Waals surface area contributed by atoms with Crippen molar-refractivity contribution in [3.05, 3.63) is 36.4 Å². The number of hydrogen-bond acceptors (Lipinski definition) is 0. The molecule has 0 aliphatic carbocycles. The van der Waals surface area contributed by atoms with E-state index in [2.05, 4.69) is 78.2 Å². The molecule has 1 aromatic carbocycles. The Balaban J connectivity index is -0.000000233. The molecular weight excluding hydrogens is 464 g/mol. The molecule has 0 fully saturated rings. The quantitative estimate of drug-likeness (QED) is 0.217.